The Bertz CT molecular complexity index is 180. The second-order valence-corrected chi connectivity index (χ2v) is 4.37. The van der Waals surface area contributed by atoms with Crippen LogP contribution in [0.4, 0.5) is 0 Å². The van der Waals surface area contributed by atoms with Crippen LogP contribution in [-0.2, 0) is 14.3 Å². The van der Waals surface area contributed by atoms with Crippen molar-refractivity contribution in [3.63, 3.8) is 0 Å². The number of hydrogen-bond donors (Lipinski definition) is 0. The van der Waals surface area contributed by atoms with Crippen molar-refractivity contribution < 1.29 is 14.3 Å². The van der Waals surface area contributed by atoms with Gasteiger partial charge in [-0.25, -0.2) is 0 Å². The van der Waals surface area contributed by atoms with Crippen LogP contribution in [0.5, 0.6) is 0 Å². The van der Waals surface area contributed by atoms with Crippen LogP contribution in [0.1, 0.15) is 46.5 Å². The molecule has 0 saturated carbocycles. The Hall–Kier alpha value is -0.450. The van der Waals surface area contributed by atoms with Gasteiger partial charge in [0.25, 0.3) is 0 Å². The lowest BCUT2D eigenvalue weighted by Crippen LogP contribution is -2.21. The molecule has 1 rings (SSSR count). The highest BCUT2D eigenvalue weighted by molar-refractivity contribution is 5.75. The number of rotatable bonds is 7. The second kappa shape index (κ2) is 17.6. The second-order valence-electron chi connectivity index (χ2n) is 4.37. The van der Waals surface area contributed by atoms with Crippen molar-refractivity contribution in [1.82, 2.24) is 4.90 Å². The summed E-state index contributed by atoms with van der Waals surface area (Å²) in [5, 5.41) is 0. The molecule has 0 amide bonds. The van der Waals surface area contributed by atoms with Crippen molar-refractivity contribution in [2.45, 2.75) is 46.5 Å². The van der Waals surface area contributed by atoms with Gasteiger partial charge in [0.15, 0.2) is 0 Å². The van der Waals surface area contributed by atoms with E-state index < -0.39 is 0 Å². The molecule has 1 aliphatic heterocycles. The topological polar surface area (TPSA) is 38.8 Å². The number of carbonyl (C=O) groups is 1. The lowest BCUT2D eigenvalue weighted by molar-refractivity contribution is -0.118. The Labute approximate surface area is 119 Å². The number of carbonyl (C=O) groups excluding carboxylic acids is 1. The van der Waals surface area contributed by atoms with Crippen LogP contribution in [0.2, 0.25) is 0 Å². The third kappa shape index (κ3) is 17.6. The summed E-state index contributed by atoms with van der Waals surface area (Å²) >= 11 is 0. The van der Waals surface area contributed by atoms with Gasteiger partial charge in [0.05, 0.1) is 6.61 Å². The first-order chi connectivity index (χ1) is 9.20. The third-order valence-corrected chi connectivity index (χ3v) is 2.56. The summed E-state index contributed by atoms with van der Waals surface area (Å²) in [6, 6.07) is 0. The molecule has 1 fully saturated rings. The van der Waals surface area contributed by atoms with Crippen LogP contribution in [0.25, 0.3) is 0 Å². The summed E-state index contributed by atoms with van der Waals surface area (Å²) in [6.45, 7) is 10.7. The Morgan fingerprint density at radius 1 is 1.11 bits per heavy atom. The number of hydrogen-bond acceptors (Lipinski definition) is 4. The minimum absolute atomic E-state index is 0.213. The summed E-state index contributed by atoms with van der Waals surface area (Å²) in [5.41, 5.74) is 0. The molecule has 4 heteroatoms. The van der Waals surface area contributed by atoms with Gasteiger partial charge in [0, 0.05) is 33.8 Å². The van der Waals surface area contributed by atoms with Gasteiger partial charge in [-0.3, -0.25) is 4.79 Å². The maximum absolute atomic E-state index is 10.6. The van der Waals surface area contributed by atoms with Crippen LogP contribution in [0, 0.1) is 0 Å². The number of likely N-dealkylation sites (tertiary alicyclic amines) is 1. The molecule has 0 aromatic heterocycles. The highest BCUT2D eigenvalue weighted by Gasteiger charge is 2.09. The normalized spacial score (nSPS) is 14.2. The molecule has 0 N–H and O–H groups in total. The average Bonchev–Trinajstić information content (AvgIpc) is 2.90. The molecule has 116 valence electrons. The average molecular weight is 275 g/mol. The van der Waals surface area contributed by atoms with E-state index in [2.05, 4.69) is 9.64 Å². The first-order valence-corrected chi connectivity index (χ1v) is 7.40. The molecule has 1 aliphatic rings. The number of ether oxygens (including phenoxy) is 2. The summed E-state index contributed by atoms with van der Waals surface area (Å²) in [6.07, 6.45) is 4.36. The third-order valence-electron chi connectivity index (χ3n) is 2.56. The van der Waals surface area contributed by atoms with E-state index in [0.29, 0.717) is 13.0 Å². The van der Waals surface area contributed by atoms with Crippen molar-refractivity contribution in [1.29, 1.82) is 0 Å². The molecular formula is C15H33NO3. The number of Topliss-reactive ketones (excluding diaryl/α,β-unsaturated/α-hetero) is 1. The predicted octanol–water partition coefficient (Wildman–Crippen LogP) is 2.76. The smallest absolute Gasteiger partial charge is 0.132 e. The number of ketones is 1. The zero-order valence-electron chi connectivity index (χ0n) is 13.5. The molecule has 1 heterocycles. The van der Waals surface area contributed by atoms with Gasteiger partial charge in [-0.1, -0.05) is 13.8 Å². The number of nitrogens with zero attached hydrogens (tertiary/aromatic N) is 1. The van der Waals surface area contributed by atoms with Gasteiger partial charge in [-0.2, -0.15) is 0 Å². The van der Waals surface area contributed by atoms with E-state index in [1.54, 1.807) is 21.1 Å². The van der Waals surface area contributed by atoms with Crippen molar-refractivity contribution in [2.75, 3.05) is 47.1 Å². The Morgan fingerprint density at radius 3 is 2.11 bits per heavy atom. The molecule has 0 unspecified atom stereocenters. The largest absolute Gasteiger partial charge is 0.388 e. The number of methoxy groups -OCH3 is 1. The van der Waals surface area contributed by atoms with Gasteiger partial charge >= 0.3 is 0 Å². The van der Waals surface area contributed by atoms with Crippen molar-refractivity contribution in [3.8, 4) is 0 Å². The zero-order valence-corrected chi connectivity index (χ0v) is 13.5. The molecule has 4 nitrogen and oxygen atoms in total. The highest BCUT2D eigenvalue weighted by Crippen LogP contribution is 2.07. The van der Waals surface area contributed by atoms with Crippen LogP contribution >= 0.6 is 0 Å². The fourth-order valence-corrected chi connectivity index (χ4v) is 1.71. The molecule has 0 aromatic carbocycles. The monoisotopic (exact) mass is 275 g/mol. The Morgan fingerprint density at radius 2 is 1.63 bits per heavy atom. The first kappa shape index (κ1) is 20.9. The Balaban J connectivity index is 0. The van der Waals surface area contributed by atoms with E-state index in [1.165, 1.54) is 25.9 Å². The zero-order chi connectivity index (χ0) is 14.9. The molecule has 0 radical (unpaired) electrons. The lowest BCUT2D eigenvalue weighted by atomic mass is 10.3. The van der Waals surface area contributed by atoms with E-state index in [-0.39, 0.29) is 5.78 Å². The van der Waals surface area contributed by atoms with Gasteiger partial charge < -0.3 is 14.4 Å². The highest BCUT2D eigenvalue weighted by atomic mass is 16.5. The van der Waals surface area contributed by atoms with E-state index in [1.807, 2.05) is 13.8 Å². The molecule has 1 saturated heterocycles. The van der Waals surface area contributed by atoms with Crippen molar-refractivity contribution >= 4 is 5.78 Å². The quantitative estimate of drug-likeness (QED) is 0.670. The Kier molecular flexibility index (Phi) is 19.3. The minimum atomic E-state index is 0.213. The summed E-state index contributed by atoms with van der Waals surface area (Å²) in [4.78, 5) is 13.1. The van der Waals surface area contributed by atoms with Crippen LogP contribution in [0.15, 0.2) is 0 Å². The van der Waals surface area contributed by atoms with Crippen molar-refractivity contribution in [2.24, 2.45) is 0 Å². The fraction of sp³-hybridized carbons (Fsp3) is 0.933. The lowest BCUT2D eigenvalue weighted by Gasteiger charge is -2.13. The fourth-order valence-electron chi connectivity index (χ4n) is 1.71. The van der Waals surface area contributed by atoms with Gasteiger partial charge in [0.1, 0.15) is 5.78 Å². The molecule has 0 aliphatic carbocycles. The molecular weight excluding hydrogens is 242 g/mol. The van der Waals surface area contributed by atoms with Crippen LogP contribution < -0.4 is 0 Å². The SMILES string of the molecule is CC.CC(=O)CCOCCCN1CCCC1.COC. The van der Waals surface area contributed by atoms with Crippen molar-refractivity contribution in [3.05, 3.63) is 0 Å². The summed E-state index contributed by atoms with van der Waals surface area (Å²) in [5.74, 6) is 0.213. The maximum atomic E-state index is 10.6. The molecule has 0 spiro atoms. The molecule has 0 bridgehead atoms. The summed E-state index contributed by atoms with van der Waals surface area (Å²) < 4.78 is 9.61. The van der Waals surface area contributed by atoms with E-state index in [0.717, 1.165) is 19.6 Å². The standard InChI is InChI=1S/C11H21NO2.C2H6O.C2H6/c1-11(13)5-10-14-9-4-8-12-6-2-3-7-12;1-3-2;1-2/h2-10H2,1H3;1-2H3;1-2H3. The van der Waals surface area contributed by atoms with E-state index in [9.17, 15) is 4.79 Å². The molecule has 0 aromatic rings. The molecule has 0 atom stereocenters. The van der Waals surface area contributed by atoms with E-state index >= 15 is 0 Å². The van der Waals surface area contributed by atoms with Crippen LogP contribution in [-0.4, -0.2) is 57.8 Å². The molecule has 19 heavy (non-hydrogen) atoms. The minimum Gasteiger partial charge on any atom is -0.388 e. The first-order valence-electron chi connectivity index (χ1n) is 7.40. The van der Waals surface area contributed by atoms with Gasteiger partial charge in [-0.15, -0.1) is 0 Å². The predicted molar refractivity (Wildman–Crippen MR) is 80.7 cm³/mol. The van der Waals surface area contributed by atoms with Gasteiger partial charge in [-0.05, 0) is 39.3 Å². The summed E-state index contributed by atoms with van der Waals surface area (Å²) in [7, 11) is 3.25. The maximum Gasteiger partial charge on any atom is 0.132 e. The van der Waals surface area contributed by atoms with E-state index in [4.69, 9.17) is 4.74 Å². The van der Waals surface area contributed by atoms with Gasteiger partial charge in [0.2, 0.25) is 0 Å². The van der Waals surface area contributed by atoms with Crippen LogP contribution in [0.3, 0.4) is 0 Å².